The lowest BCUT2D eigenvalue weighted by molar-refractivity contribution is 0.0696. The summed E-state index contributed by atoms with van der Waals surface area (Å²) in [5, 5.41) is 8.95. The van der Waals surface area contributed by atoms with Crippen LogP contribution in [0.3, 0.4) is 0 Å². The van der Waals surface area contributed by atoms with Crippen LogP contribution >= 0.6 is 11.6 Å². The fraction of sp³-hybridized carbons (Fsp3) is 0.462. The molecule has 0 saturated heterocycles. The first kappa shape index (κ1) is 15.3. The van der Waals surface area contributed by atoms with E-state index < -0.39 is 21.5 Å². The summed E-state index contributed by atoms with van der Waals surface area (Å²) in [4.78, 5) is 10.7. The van der Waals surface area contributed by atoms with Crippen LogP contribution in [-0.2, 0) is 10.0 Å². The SMILES string of the molecule is CC(C)(NS(=O)(=O)c1cc(C(=O)O)ccc1Cl)C1CC1. The molecule has 1 aromatic carbocycles. The average molecular weight is 318 g/mol. The fourth-order valence-corrected chi connectivity index (χ4v) is 4.13. The molecule has 0 radical (unpaired) electrons. The Bertz CT molecular complexity index is 650. The van der Waals surface area contributed by atoms with Crippen LogP contribution in [0.1, 0.15) is 37.0 Å². The second-order valence-electron chi connectivity index (χ2n) is 5.55. The van der Waals surface area contributed by atoms with E-state index >= 15 is 0 Å². The first-order valence-corrected chi connectivity index (χ1v) is 8.06. The van der Waals surface area contributed by atoms with E-state index in [1.807, 2.05) is 13.8 Å². The predicted octanol–water partition coefficient (Wildman–Crippen LogP) is 2.51. The minimum atomic E-state index is -3.85. The third kappa shape index (κ3) is 3.13. The van der Waals surface area contributed by atoms with E-state index in [-0.39, 0.29) is 15.5 Å². The van der Waals surface area contributed by atoms with Gasteiger partial charge >= 0.3 is 5.97 Å². The average Bonchev–Trinajstić information content (AvgIpc) is 3.11. The Morgan fingerprint density at radius 1 is 1.40 bits per heavy atom. The molecular formula is C13H16ClNO4S. The van der Waals surface area contributed by atoms with Crippen molar-refractivity contribution in [1.29, 1.82) is 0 Å². The normalized spacial score (nSPS) is 16.1. The Hall–Kier alpha value is -1.11. The molecule has 5 nitrogen and oxygen atoms in total. The van der Waals surface area contributed by atoms with Gasteiger partial charge in [0.2, 0.25) is 10.0 Å². The number of sulfonamides is 1. The van der Waals surface area contributed by atoms with E-state index in [1.54, 1.807) is 0 Å². The highest BCUT2D eigenvalue weighted by atomic mass is 35.5. The zero-order valence-electron chi connectivity index (χ0n) is 11.2. The van der Waals surface area contributed by atoms with Gasteiger partial charge in [-0.25, -0.2) is 17.9 Å². The topological polar surface area (TPSA) is 83.5 Å². The molecule has 1 fully saturated rings. The van der Waals surface area contributed by atoms with Crippen molar-refractivity contribution < 1.29 is 18.3 Å². The van der Waals surface area contributed by atoms with Gasteiger partial charge in [-0.2, -0.15) is 0 Å². The van der Waals surface area contributed by atoms with Gasteiger partial charge in [0.1, 0.15) is 4.90 Å². The van der Waals surface area contributed by atoms with Crippen molar-refractivity contribution in [3.05, 3.63) is 28.8 Å². The molecule has 1 saturated carbocycles. The third-order valence-electron chi connectivity index (χ3n) is 3.46. The van der Waals surface area contributed by atoms with Crippen LogP contribution in [0.4, 0.5) is 0 Å². The largest absolute Gasteiger partial charge is 0.478 e. The standard InChI is InChI=1S/C13H16ClNO4S/c1-13(2,9-4-5-9)15-20(18,19)11-7-8(12(16)17)3-6-10(11)14/h3,6-7,9,15H,4-5H2,1-2H3,(H,16,17). The summed E-state index contributed by atoms with van der Waals surface area (Å²) >= 11 is 5.90. The zero-order valence-corrected chi connectivity index (χ0v) is 12.8. The molecule has 0 amide bonds. The first-order valence-electron chi connectivity index (χ1n) is 6.20. The summed E-state index contributed by atoms with van der Waals surface area (Å²) in [5.41, 5.74) is -0.680. The van der Waals surface area contributed by atoms with Crippen molar-refractivity contribution in [2.45, 2.75) is 37.1 Å². The molecule has 20 heavy (non-hydrogen) atoms. The van der Waals surface area contributed by atoms with Gasteiger partial charge < -0.3 is 5.11 Å². The number of aromatic carboxylic acids is 1. The van der Waals surface area contributed by atoms with E-state index in [2.05, 4.69) is 4.72 Å². The second-order valence-corrected chi connectivity index (χ2v) is 7.61. The maximum Gasteiger partial charge on any atom is 0.335 e. The van der Waals surface area contributed by atoms with Crippen molar-refractivity contribution in [2.24, 2.45) is 5.92 Å². The molecule has 1 aromatic rings. The van der Waals surface area contributed by atoms with Crippen LogP contribution in [0.2, 0.25) is 5.02 Å². The van der Waals surface area contributed by atoms with Crippen LogP contribution in [0.15, 0.2) is 23.1 Å². The number of nitrogens with one attached hydrogen (secondary N) is 1. The molecule has 0 spiro atoms. The van der Waals surface area contributed by atoms with Crippen LogP contribution in [0.5, 0.6) is 0 Å². The monoisotopic (exact) mass is 317 g/mol. The van der Waals surface area contributed by atoms with Crippen LogP contribution in [-0.4, -0.2) is 25.0 Å². The van der Waals surface area contributed by atoms with E-state index in [4.69, 9.17) is 16.7 Å². The first-order chi connectivity index (χ1) is 9.13. The van der Waals surface area contributed by atoms with Gasteiger partial charge in [0, 0.05) is 5.54 Å². The minimum absolute atomic E-state index is 0.00842. The molecule has 0 bridgehead atoms. The van der Waals surface area contributed by atoms with E-state index in [9.17, 15) is 13.2 Å². The van der Waals surface area contributed by atoms with Crippen LogP contribution < -0.4 is 4.72 Å². The Balaban J connectivity index is 2.38. The van der Waals surface area contributed by atoms with Crippen molar-refractivity contribution in [3.63, 3.8) is 0 Å². The van der Waals surface area contributed by atoms with Gasteiger partial charge in [-0.05, 0) is 50.8 Å². The van der Waals surface area contributed by atoms with Gasteiger partial charge in [-0.15, -0.1) is 0 Å². The summed E-state index contributed by atoms with van der Waals surface area (Å²) in [6, 6.07) is 3.63. The summed E-state index contributed by atoms with van der Waals surface area (Å²) in [7, 11) is -3.85. The van der Waals surface area contributed by atoms with E-state index in [1.165, 1.54) is 12.1 Å². The summed E-state index contributed by atoms with van der Waals surface area (Å²) < 4.78 is 27.4. The summed E-state index contributed by atoms with van der Waals surface area (Å²) in [6.07, 6.45) is 1.97. The van der Waals surface area contributed by atoms with Gasteiger partial charge in [0.15, 0.2) is 0 Å². The minimum Gasteiger partial charge on any atom is -0.478 e. The Morgan fingerprint density at radius 3 is 2.50 bits per heavy atom. The van der Waals surface area contributed by atoms with Gasteiger partial charge in [0.25, 0.3) is 0 Å². The summed E-state index contributed by atoms with van der Waals surface area (Å²) in [5.74, 6) is -0.890. The predicted molar refractivity (Wildman–Crippen MR) is 75.5 cm³/mol. The van der Waals surface area contributed by atoms with E-state index in [0.29, 0.717) is 5.92 Å². The van der Waals surface area contributed by atoms with Crippen molar-refractivity contribution in [3.8, 4) is 0 Å². The van der Waals surface area contributed by atoms with Gasteiger partial charge in [-0.3, -0.25) is 0 Å². The smallest absolute Gasteiger partial charge is 0.335 e. The Morgan fingerprint density at radius 2 is 2.00 bits per heavy atom. The third-order valence-corrected chi connectivity index (χ3v) is 5.62. The van der Waals surface area contributed by atoms with Crippen molar-refractivity contribution in [1.82, 2.24) is 4.72 Å². The second kappa shape index (κ2) is 5.02. The molecule has 1 aliphatic rings. The lowest BCUT2D eigenvalue weighted by Crippen LogP contribution is -2.45. The number of hydrogen-bond donors (Lipinski definition) is 2. The molecule has 0 atom stereocenters. The number of carbonyl (C=O) groups is 1. The van der Waals surface area contributed by atoms with Crippen LogP contribution in [0, 0.1) is 5.92 Å². The molecule has 7 heteroatoms. The highest BCUT2D eigenvalue weighted by Gasteiger charge is 2.41. The number of rotatable bonds is 5. The molecule has 0 heterocycles. The Kier molecular flexibility index (Phi) is 3.83. The van der Waals surface area contributed by atoms with Crippen molar-refractivity contribution in [2.75, 3.05) is 0 Å². The maximum absolute atomic E-state index is 12.4. The summed E-state index contributed by atoms with van der Waals surface area (Å²) in [6.45, 7) is 3.63. The highest BCUT2D eigenvalue weighted by molar-refractivity contribution is 7.89. The molecule has 0 unspecified atom stereocenters. The number of hydrogen-bond acceptors (Lipinski definition) is 3. The molecule has 2 N–H and O–H groups in total. The maximum atomic E-state index is 12.4. The highest BCUT2D eigenvalue weighted by Crippen LogP contribution is 2.40. The lowest BCUT2D eigenvalue weighted by Gasteiger charge is -2.26. The molecule has 0 aromatic heterocycles. The number of benzene rings is 1. The zero-order chi connectivity index (χ0) is 15.1. The van der Waals surface area contributed by atoms with Crippen molar-refractivity contribution >= 4 is 27.6 Å². The molecule has 1 aliphatic carbocycles. The number of halogens is 1. The quantitative estimate of drug-likeness (QED) is 0.874. The van der Waals surface area contributed by atoms with E-state index in [0.717, 1.165) is 18.9 Å². The molecule has 2 rings (SSSR count). The van der Waals surface area contributed by atoms with Gasteiger partial charge in [0.05, 0.1) is 10.6 Å². The fourth-order valence-electron chi connectivity index (χ4n) is 2.13. The van der Waals surface area contributed by atoms with Crippen LogP contribution in [0.25, 0.3) is 0 Å². The molecular weight excluding hydrogens is 302 g/mol. The molecule has 110 valence electrons. The lowest BCUT2D eigenvalue weighted by atomic mass is 10.0. The molecule has 0 aliphatic heterocycles. The number of carboxylic acid groups (broad SMARTS) is 1. The number of carboxylic acids is 1. The Labute approximate surface area is 123 Å². The van der Waals surface area contributed by atoms with Gasteiger partial charge in [-0.1, -0.05) is 11.6 Å².